The number of hydrogen-bond acceptors (Lipinski definition) is 4. The van der Waals surface area contributed by atoms with Gasteiger partial charge in [-0.25, -0.2) is 4.79 Å². The molecular weight excluding hydrogens is 292 g/mol. The summed E-state index contributed by atoms with van der Waals surface area (Å²) in [5, 5.41) is 3.63. The molecule has 5 heteroatoms. The number of amides is 1. The fourth-order valence-corrected chi connectivity index (χ4v) is 3.15. The molecule has 23 heavy (non-hydrogen) atoms. The van der Waals surface area contributed by atoms with Gasteiger partial charge in [0.25, 0.3) is 0 Å². The van der Waals surface area contributed by atoms with Crippen molar-refractivity contribution in [1.82, 2.24) is 10.2 Å². The molecule has 1 amide bonds. The molecular formula is C18H36N2O3. The zero-order chi connectivity index (χ0) is 17.6. The normalized spacial score (nSPS) is 22.1. The third-order valence-corrected chi connectivity index (χ3v) is 3.88. The highest BCUT2D eigenvalue weighted by Gasteiger charge is 2.32. The third-order valence-electron chi connectivity index (χ3n) is 3.88. The molecule has 0 aromatic rings. The molecule has 0 spiro atoms. The van der Waals surface area contributed by atoms with Gasteiger partial charge in [0.2, 0.25) is 0 Å². The molecule has 0 aromatic carbocycles. The van der Waals surface area contributed by atoms with E-state index in [1.54, 1.807) is 0 Å². The van der Waals surface area contributed by atoms with Gasteiger partial charge in [-0.15, -0.1) is 0 Å². The largest absolute Gasteiger partial charge is 0.444 e. The van der Waals surface area contributed by atoms with Crippen LogP contribution in [0.25, 0.3) is 0 Å². The van der Waals surface area contributed by atoms with Gasteiger partial charge in [-0.2, -0.15) is 0 Å². The van der Waals surface area contributed by atoms with E-state index in [0.717, 1.165) is 12.8 Å². The van der Waals surface area contributed by atoms with Crippen molar-refractivity contribution in [3.63, 3.8) is 0 Å². The predicted molar refractivity (Wildman–Crippen MR) is 93.7 cm³/mol. The molecule has 0 bridgehead atoms. The highest BCUT2D eigenvalue weighted by Crippen LogP contribution is 2.18. The summed E-state index contributed by atoms with van der Waals surface area (Å²) < 4.78 is 11.1. The van der Waals surface area contributed by atoms with E-state index in [2.05, 4.69) is 33.0 Å². The molecule has 1 saturated heterocycles. The van der Waals surface area contributed by atoms with Crippen molar-refractivity contribution in [1.29, 1.82) is 0 Å². The highest BCUT2D eigenvalue weighted by molar-refractivity contribution is 5.68. The van der Waals surface area contributed by atoms with Gasteiger partial charge in [0.05, 0.1) is 19.3 Å². The van der Waals surface area contributed by atoms with Crippen LogP contribution in [0.3, 0.4) is 0 Å². The second-order valence-corrected chi connectivity index (χ2v) is 8.24. The minimum Gasteiger partial charge on any atom is -0.444 e. The Bertz CT molecular complexity index is 366. The summed E-state index contributed by atoms with van der Waals surface area (Å²) >= 11 is 0. The Morgan fingerprint density at radius 3 is 2.48 bits per heavy atom. The smallest absolute Gasteiger partial charge is 0.410 e. The minimum absolute atomic E-state index is 0.0762. The zero-order valence-corrected chi connectivity index (χ0v) is 16.0. The van der Waals surface area contributed by atoms with E-state index in [-0.39, 0.29) is 12.1 Å². The molecule has 1 aliphatic heterocycles. The summed E-state index contributed by atoms with van der Waals surface area (Å²) in [4.78, 5) is 14.2. The van der Waals surface area contributed by atoms with Crippen molar-refractivity contribution in [2.45, 2.75) is 85.0 Å². The maximum absolute atomic E-state index is 12.4. The molecule has 1 rings (SSSR count). The van der Waals surface area contributed by atoms with Crippen molar-refractivity contribution in [2.75, 3.05) is 19.8 Å². The van der Waals surface area contributed by atoms with Crippen LogP contribution < -0.4 is 5.32 Å². The lowest BCUT2D eigenvalue weighted by molar-refractivity contribution is -0.0357. The monoisotopic (exact) mass is 328 g/mol. The Morgan fingerprint density at radius 1 is 1.26 bits per heavy atom. The first-order valence-electron chi connectivity index (χ1n) is 8.92. The number of nitrogens with zero attached hydrogens (tertiary/aromatic N) is 1. The maximum atomic E-state index is 12.4. The number of ether oxygens (including phenoxy) is 2. The second kappa shape index (κ2) is 8.88. The lowest BCUT2D eigenvalue weighted by atomic mass is 10.0. The van der Waals surface area contributed by atoms with Crippen molar-refractivity contribution in [3.8, 4) is 0 Å². The summed E-state index contributed by atoms with van der Waals surface area (Å²) in [7, 11) is 0. The van der Waals surface area contributed by atoms with Crippen LogP contribution in [-0.4, -0.2) is 54.5 Å². The number of carbonyl (C=O) groups is 1. The predicted octanol–water partition coefficient (Wildman–Crippen LogP) is 3.43. The molecule has 0 aromatic heterocycles. The van der Waals surface area contributed by atoms with E-state index in [4.69, 9.17) is 9.47 Å². The van der Waals surface area contributed by atoms with Crippen LogP contribution in [0.2, 0.25) is 0 Å². The van der Waals surface area contributed by atoms with E-state index < -0.39 is 5.60 Å². The van der Waals surface area contributed by atoms with Gasteiger partial charge >= 0.3 is 6.09 Å². The lowest BCUT2D eigenvalue weighted by Crippen LogP contribution is -2.52. The van der Waals surface area contributed by atoms with Gasteiger partial charge in [-0.3, -0.25) is 0 Å². The summed E-state index contributed by atoms with van der Waals surface area (Å²) in [6.07, 6.45) is 1.80. The van der Waals surface area contributed by atoms with Gasteiger partial charge in [0.1, 0.15) is 5.60 Å². The Labute approximate surface area is 142 Å². The molecule has 5 nitrogen and oxygen atoms in total. The number of hydrogen-bond donors (Lipinski definition) is 1. The molecule has 1 fully saturated rings. The fourth-order valence-electron chi connectivity index (χ4n) is 3.15. The summed E-state index contributed by atoms with van der Waals surface area (Å²) in [5.74, 6) is 0.681. The van der Waals surface area contributed by atoms with Crippen LogP contribution in [0.4, 0.5) is 4.79 Å². The van der Waals surface area contributed by atoms with E-state index in [1.807, 2.05) is 25.7 Å². The van der Waals surface area contributed by atoms with Crippen LogP contribution in [0, 0.1) is 5.92 Å². The fraction of sp³-hybridized carbons (Fsp3) is 0.944. The molecule has 3 unspecified atom stereocenters. The Hall–Kier alpha value is -0.810. The Morgan fingerprint density at radius 2 is 1.91 bits per heavy atom. The topological polar surface area (TPSA) is 50.8 Å². The number of nitrogens with one attached hydrogen (secondary N) is 1. The third kappa shape index (κ3) is 8.02. The summed E-state index contributed by atoms with van der Waals surface area (Å²) in [6, 6.07) is 0.886. The van der Waals surface area contributed by atoms with Crippen LogP contribution in [-0.2, 0) is 9.47 Å². The van der Waals surface area contributed by atoms with Crippen molar-refractivity contribution >= 4 is 6.09 Å². The number of carbonyl (C=O) groups excluding carboxylic acids is 1. The lowest BCUT2D eigenvalue weighted by Gasteiger charge is -2.38. The van der Waals surface area contributed by atoms with Gasteiger partial charge in [-0.05, 0) is 53.4 Å². The Balaban J connectivity index is 2.55. The average molecular weight is 328 g/mol. The first kappa shape index (κ1) is 20.2. The van der Waals surface area contributed by atoms with Crippen LogP contribution in [0.15, 0.2) is 0 Å². The molecule has 1 N–H and O–H groups in total. The number of morpholine rings is 1. The van der Waals surface area contributed by atoms with E-state index >= 15 is 0 Å². The van der Waals surface area contributed by atoms with Crippen molar-refractivity contribution < 1.29 is 14.3 Å². The maximum Gasteiger partial charge on any atom is 0.410 e. The van der Waals surface area contributed by atoms with Gasteiger partial charge < -0.3 is 19.7 Å². The molecule has 3 atom stereocenters. The molecule has 136 valence electrons. The summed E-state index contributed by atoms with van der Waals surface area (Å²) in [5.41, 5.74) is -0.463. The van der Waals surface area contributed by atoms with E-state index in [1.165, 1.54) is 0 Å². The van der Waals surface area contributed by atoms with E-state index in [0.29, 0.717) is 37.8 Å². The van der Waals surface area contributed by atoms with Crippen molar-refractivity contribution in [2.24, 2.45) is 5.92 Å². The average Bonchev–Trinajstić information content (AvgIpc) is 2.35. The van der Waals surface area contributed by atoms with Gasteiger partial charge in [0.15, 0.2) is 0 Å². The Kier molecular flexibility index (Phi) is 7.81. The zero-order valence-electron chi connectivity index (χ0n) is 16.0. The van der Waals surface area contributed by atoms with Crippen molar-refractivity contribution in [3.05, 3.63) is 0 Å². The van der Waals surface area contributed by atoms with Gasteiger partial charge in [-0.1, -0.05) is 13.8 Å². The highest BCUT2D eigenvalue weighted by atomic mass is 16.6. The van der Waals surface area contributed by atoms with Crippen LogP contribution >= 0.6 is 0 Å². The molecule has 0 radical (unpaired) electrons. The first-order chi connectivity index (χ1) is 10.6. The van der Waals surface area contributed by atoms with Crippen LogP contribution in [0.1, 0.15) is 61.3 Å². The van der Waals surface area contributed by atoms with E-state index in [9.17, 15) is 4.79 Å². The SMILES string of the molecule is CC(C)CC(C)NC(C)CC1COCCN1C(=O)OC(C)(C)C. The summed E-state index contributed by atoms with van der Waals surface area (Å²) in [6.45, 7) is 16.4. The standard InChI is InChI=1S/C18H36N2O3/c1-13(2)10-14(3)19-15(4)11-16-12-22-9-8-20(16)17(21)23-18(5,6)7/h13-16,19H,8-12H2,1-7H3. The van der Waals surface area contributed by atoms with Crippen LogP contribution in [0.5, 0.6) is 0 Å². The quantitative estimate of drug-likeness (QED) is 0.811. The molecule has 0 aliphatic carbocycles. The second-order valence-electron chi connectivity index (χ2n) is 8.24. The number of rotatable bonds is 6. The minimum atomic E-state index is -0.463. The first-order valence-corrected chi connectivity index (χ1v) is 8.92. The molecule has 0 saturated carbocycles. The molecule has 1 aliphatic rings. The molecule has 1 heterocycles. The van der Waals surface area contributed by atoms with Gasteiger partial charge in [0, 0.05) is 18.6 Å².